The van der Waals surface area contributed by atoms with Crippen molar-refractivity contribution in [3.05, 3.63) is 23.8 Å². The fourth-order valence-corrected chi connectivity index (χ4v) is 3.17. The van der Waals surface area contributed by atoms with Gasteiger partial charge in [0.2, 0.25) is 0 Å². The molecule has 118 valence electrons. The van der Waals surface area contributed by atoms with Crippen LogP contribution in [-0.4, -0.2) is 23.0 Å². The van der Waals surface area contributed by atoms with Crippen molar-refractivity contribution >= 4 is 43.7 Å². The molecule has 21 heavy (non-hydrogen) atoms. The van der Waals surface area contributed by atoms with E-state index in [0.29, 0.717) is 5.13 Å². The van der Waals surface area contributed by atoms with Gasteiger partial charge in [0, 0.05) is 6.54 Å². The summed E-state index contributed by atoms with van der Waals surface area (Å²) in [6.07, 6.45) is 5.07. The largest absolute Gasteiger partial charge is 0.375 e. The van der Waals surface area contributed by atoms with Gasteiger partial charge in [-0.2, -0.15) is 0 Å². The first-order valence-electron chi connectivity index (χ1n) is 7.60. The summed E-state index contributed by atoms with van der Waals surface area (Å²) in [5.74, 6) is 0. The number of unbranched alkanes of at least 4 members (excludes halogenated alkanes) is 2. The van der Waals surface area contributed by atoms with Crippen LogP contribution in [0, 0.1) is 0 Å². The van der Waals surface area contributed by atoms with Crippen LogP contribution in [0.3, 0.4) is 0 Å². The second-order valence-corrected chi connectivity index (χ2v) is 6.40. The van der Waals surface area contributed by atoms with E-state index in [2.05, 4.69) is 41.9 Å². The van der Waals surface area contributed by atoms with Gasteiger partial charge in [-0.3, -0.25) is 4.90 Å². The Morgan fingerprint density at radius 1 is 1.14 bits per heavy atom. The molecule has 0 saturated heterocycles. The quantitative estimate of drug-likeness (QED) is 0.720. The first-order chi connectivity index (χ1) is 9.72. The smallest absolute Gasteiger partial charge is 0.181 e. The van der Waals surface area contributed by atoms with Crippen LogP contribution < -0.4 is 5.73 Å². The Balaban J connectivity index is 0.00000220. The third-order valence-electron chi connectivity index (χ3n) is 3.53. The zero-order chi connectivity index (χ0) is 14.4. The Labute approximate surface area is 142 Å². The first-order valence-corrected chi connectivity index (χ1v) is 8.42. The van der Waals surface area contributed by atoms with E-state index in [-0.39, 0.29) is 17.0 Å². The normalized spacial score (nSPS) is 11.0. The number of anilines is 1. The molecule has 2 aromatic rings. The molecule has 1 heterocycles. The van der Waals surface area contributed by atoms with Gasteiger partial charge in [0.15, 0.2) is 5.13 Å². The van der Waals surface area contributed by atoms with Gasteiger partial charge in [0.1, 0.15) is 0 Å². The predicted molar refractivity (Wildman–Crippen MR) is 99.4 cm³/mol. The molecule has 3 nitrogen and oxygen atoms in total. The molecule has 1 aromatic heterocycles. The van der Waals surface area contributed by atoms with Crippen molar-refractivity contribution in [3.63, 3.8) is 0 Å². The molecule has 0 radical (unpaired) electrons. The maximum atomic E-state index is 5.77. The zero-order valence-corrected chi connectivity index (χ0v) is 15.5. The Morgan fingerprint density at radius 3 is 2.43 bits per heavy atom. The summed E-state index contributed by atoms with van der Waals surface area (Å²) in [6, 6.07) is 6.52. The second-order valence-electron chi connectivity index (χ2n) is 5.34. The van der Waals surface area contributed by atoms with Crippen LogP contribution in [0.4, 0.5) is 5.13 Å². The molecule has 0 fully saturated rings. The molecule has 5 heteroatoms. The van der Waals surface area contributed by atoms with E-state index >= 15 is 0 Å². The zero-order valence-electron chi connectivity index (χ0n) is 13.0. The Bertz CT molecular complexity index is 533. The topological polar surface area (TPSA) is 42.2 Å². The molecule has 0 unspecified atom stereocenters. The second kappa shape index (κ2) is 9.38. The molecule has 0 aliphatic rings. The molecule has 2 N–H and O–H groups in total. The molecule has 1 aromatic carbocycles. The molecular formula is C16H26BrN3S. The van der Waals surface area contributed by atoms with Gasteiger partial charge < -0.3 is 5.73 Å². The minimum atomic E-state index is 0. The molecule has 2 rings (SSSR count). The summed E-state index contributed by atoms with van der Waals surface area (Å²) in [4.78, 5) is 6.88. The SMILES string of the molecule is Br.CCCCN(CCCC)Cc1ccc2nc(N)sc2c1. The number of fused-ring (bicyclic) bond motifs is 1. The molecule has 0 saturated carbocycles. The molecule has 0 aliphatic heterocycles. The van der Waals surface area contributed by atoms with Crippen LogP contribution in [0.2, 0.25) is 0 Å². The van der Waals surface area contributed by atoms with E-state index < -0.39 is 0 Å². The minimum Gasteiger partial charge on any atom is -0.375 e. The van der Waals surface area contributed by atoms with Gasteiger partial charge in [-0.15, -0.1) is 17.0 Å². The number of nitrogen functional groups attached to an aromatic ring is 1. The summed E-state index contributed by atoms with van der Waals surface area (Å²) in [5, 5.41) is 0.658. The standard InChI is InChI=1S/C16H25N3S.BrH/c1-3-5-9-19(10-6-4-2)12-13-7-8-14-15(11-13)20-16(17)18-14;/h7-8,11H,3-6,9-10,12H2,1-2H3,(H2,17,18);1H. The van der Waals surface area contributed by atoms with E-state index in [4.69, 9.17) is 5.73 Å². The van der Waals surface area contributed by atoms with Crippen molar-refractivity contribution in [3.8, 4) is 0 Å². The maximum Gasteiger partial charge on any atom is 0.181 e. The van der Waals surface area contributed by atoms with E-state index in [1.807, 2.05) is 0 Å². The third-order valence-corrected chi connectivity index (χ3v) is 4.38. The van der Waals surface area contributed by atoms with Gasteiger partial charge in [-0.1, -0.05) is 44.1 Å². The number of thiazole rings is 1. The lowest BCUT2D eigenvalue weighted by Gasteiger charge is -2.22. The molecule has 0 atom stereocenters. The lowest BCUT2D eigenvalue weighted by Crippen LogP contribution is -2.25. The monoisotopic (exact) mass is 371 g/mol. The van der Waals surface area contributed by atoms with Crippen molar-refractivity contribution < 1.29 is 0 Å². The van der Waals surface area contributed by atoms with Gasteiger partial charge in [0.25, 0.3) is 0 Å². The number of halogens is 1. The van der Waals surface area contributed by atoms with Crippen LogP contribution >= 0.6 is 28.3 Å². The fraction of sp³-hybridized carbons (Fsp3) is 0.562. The number of aromatic nitrogens is 1. The Morgan fingerprint density at radius 2 is 1.81 bits per heavy atom. The summed E-state index contributed by atoms with van der Waals surface area (Å²) in [5.41, 5.74) is 8.16. The highest BCUT2D eigenvalue weighted by atomic mass is 79.9. The highest BCUT2D eigenvalue weighted by Crippen LogP contribution is 2.25. The van der Waals surface area contributed by atoms with Crippen molar-refractivity contribution in [2.75, 3.05) is 18.8 Å². The van der Waals surface area contributed by atoms with E-state index in [9.17, 15) is 0 Å². The minimum absolute atomic E-state index is 0. The van der Waals surface area contributed by atoms with Gasteiger partial charge in [-0.05, 0) is 43.6 Å². The number of nitrogens with zero attached hydrogens (tertiary/aromatic N) is 2. The predicted octanol–water partition coefficient (Wildman–Crippen LogP) is 4.86. The Kier molecular flexibility index (Phi) is 8.22. The number of hydrogen-bond acceptors (Lipinski definition) is 4. The van der Waals surface area contributed by atoms with Gasteiger partial charge >= 0.3 is 0 Å². The molecular weight excluding hydrogens is 346 g/mol. The van der Waals surface area contributed by atoms with E-state index in [1.165, 1.54) is 49.0 Å². The summed E-state index contributed by atoms with van der Waals surface area (Å²) >= 11 is 1.58. The van der Waals surface area contributed by atoms with Crippen molar-refractivity contribution in [1.82, 2.24) is 9.88 Å². The summed E-state index contributed by atoms with van der Waals surface area (Å²) in [6.45, 7) is 7.93. The van der Waals surface area contributed by atoms with Crippen molar-refractivity contribution in [1.29, 1.82) is 0 Å². The van der Waals surface area contributed by atoms with Gasteiger partial charge in [-0.25, -0.2) is 4.98 Å². The number of benzene rings is 1. The molecule has 0 aliphatic carbocycles. The van der Waals surface area contributed by atoms with Crippen LogP contribution in [-0.2, 0) is 6.54 Å². The average Bonchev–Trinajstić information content (AvgIpc) is 2.81. The highest BCUT2D eigenvalue weighted by Gasteiger charge is 2.07. The van der Waals surface area contributed by atoms with Crippen molar-refractivity contribution in [2.24, 2.45) is 0 Å². The number of hydrogen-bond donors (Lipinski definition) is 1. The van der Waals surface area contributed by atoms with E-state index in [0.717, 1.165) is 12.1 Å². The first kappa shape index (κ1) is 18.4. The summed E-state index contributed by atoms with van der Waals surface area (Å²) in [7, 11) is 0. The lowest BCUT2D eigenvalue weighted by molar-refractivity contribution is 0.257. The van der Waals surface area contributed by atoms with Crippen LogP contribution in [0.25, 0.3) is 10.2 Å². The van der Waals surface area contributed by atoms with E-state index in [1.54, 1.807) is 11.3 Å². The third kappa shape index (κ3) is 5.57. The maximum absolute atomic E-state index is 5.77. The molecule has 0 amide bonds. The number of nitrogens with two attached hydrogens (primary N) is 1. The number of rotatable bonds is 8. The van der Waals surface area contributed by atoms with Crippen LogP contribution in [0.1, 0.15) is 45.1 Å². The van der Waals surface area contributed by atoms with Gasteiger partial charge in [0.05, 0.1) is 10.2 Å². The Hall–Kier alpha value is -0.650. The molecule has 0 bridgehead atoms. The van der Waals surface area contributed by atoms with Crippen LogP contribution in [0.5, 0.6) is 0 Å². The highest BCUT2D eigenvalue weighted by molar-refractivity contribution is 8.93. The van der Waals surface area contributed by atoms with Crippen LogP contribution in [0.15, 0.2) is 18.2 Å². The summed E-state index contributed by atoms with van der Waals surface area (Å²) < 4.78 is 1.20. The van der Waals surface area contributed by atoms with Crippen molar-refractivity contribution in [2.45, 2.75) is 46.1 Å². The average molecular weight is 372 g/mol. The molecule has 0 spiro atoms. The lowest BCUT2D eigenvalue weighted by atomic mass is 10.2. The fourth-order valence-electron chi connectivity index (χ4n) is 2.38.